The van der Waals surface area contributed by atoms with E-state index in [1.165, 1.54) is 12.0 Å². The van der Waals surface area contributed by atoms with E-state index in [9.17, 15) is 14.7 Å². The number of aliphatic hydroxyl groups is 1. The fourth-order valence-electron chi connectivity index (χ4n) is 2.93. The molecule has 1 N–H and O–H groups in total. The smallest absolute Gasteiger partial charge is 0.328 e. The van der Waals surface area contributed by atoms with Gasteiger partial charge in [-0.2, -0.15) is 0 Å². The molecule has 0 aromatic heterocycles. The Kier molecular flexibility index (Phi) is 2.22. The molecule has 5 heteroatoms. The van der Waals surface area contributed by atoms with E-state index >= 15 is 0 Å². The first-order valence-corrected chi connectivity index (χ1v) is 5.83. The molecule has 1 fully saturated rings. The normalized spacial score (nSPS) is 29.1. The van der Waals surface area contributed by atoms with Crippen LogP contribution in [0.5, 0.6) is 0 Å². The monoisotopic (exact) mass is 247 g/mol. The van der Waals surface area contributed by atoms with Crippen LogP contribution in [0.3, 0.4) is 0 Å². The Hall–Kier alpha value is -1.88. The van der Waals surface area contributed by atoms with E-state index < -0.39 is 17.7 Å². The molecule has 0 spiro atoms. The zero-order valence-corrected chi connectivity index (χ0v) is 9.92. The first-order valence-electron chi connectivity index (χ1n) is 5.83. The van der Waals surface area contributed by atoms with Gasteiger partial charge >= 0.3 is 5.97 Å². The SMILES string of the molecule is COC(=O)[C@@H]1CC[C@]2(O)c3ccccc3C(=O)N12. The molecule has 0 aliphatic carbocycles. The molecule has 0 radical (unpaired) electrons. The minimum atomic E-state index is -1.35. The largest absolute Gasteiger partial charge is 0.467 e. The minimum absolute atomic E-state index is 0.305. The van der Waals surface area contributed by atoms with Crippen LogP contribution in [0.4, 0.5) is 0 Å². The number of rotatable bonds is 1. The third-order valence-corrected chi connectivity index (χ3v) is 3.76. The van der Waals surface area contributed by atoms with Crippen molar-refractivity contribution in [1.29, 1.82) is 0 Å². The zero-order valence-electron chi connectivity index (χ0n) is 9.92. The van der Waals surface area contributed by atoms with Crippen molar-refractivity contribution in [3.8, 4) is 0 Å². The second-order valence-corrected chi connectivity index (χ2v) is 4.61. The lowest BCUT2D eigenvalue weighted by Gasteiger charge is -2.29. The van der Waals surface area contributed by atoms with Gasteiger partial charge in [0.25, 0.3) is 5.91 Å². The molecule has 1 amide bonds. The first kappa shape index (κ1) is 11.2. The van der Waals surface area contributed by atoms with Crippen molar-refractivity contribution in [2.24, 2.45) is 0 Å². The number of amides is 1. The molecule has 2 aliphatic rings. The fourth-order valence-corrected chi connectivity index (χ4v) is 2.93. The van der Waals surface area contributed by atoms with Gasteiger partial charge in [0.1, 0.15) is 6.04 Å². The summed E-state index contributed by atoms with van der Waals surface area (Å²) < 4.78 is 4.69. The Morgan fingerprint density at radius 2 is 2.22 bits per heavy atom. The highest BCUT2D eigenvalue weighted by atomic mass is 16.5. The van der Waals surface area contributed by atoms with Gasteiger partial charge in [0, 0.05) is 17.5 Å². The zero-order chi connectivity index (χ0) is 12.9. The van der Waals surface area contributed by atoms with E-state index in [-0.39, 0.29) is 5.91 Å². The van der Waals surface area contributed by atoms with Gasteiger partial charge in [-0.05, 0) is 12.5 Å². The van der Waals surface area contributed by atoms with Crippen LogP contribution in [0.2, 0.25) is 0 Å². The minimum Gasteiger partial charge on any atom is -0.467 e. The van der Waals surface area contributed by atoms with E-state index in [4.69, 9.17) is 4.74 Å². The molecule has 5 nitrogen and oxygen atoms in total. The second kappa shape index (κ2) is 3.55. The highest BCUT2D eigenvalue weighted by Crippen LogP contribution is 2.47. The molecule has 0 bridgehead atoms. The molecule has 2 atom stereocenters. The van der Waals surface area contributed by atoms with Gasteiger partial charge in [-0.3, -0.25) is 9.69 Å². The molecule has 3 rings (SSSR count). The number of ether oxygens (including phenoxy) is 1. The fraction of sp³-hybridized carbons (Fsp3) is 0.385. The first-order chi connectivity index (χ1) is 8.59. The number of hydrogen-bond donors (Lipinski definition) is 1. The molecule has 0 unspecified atom stereocenters. The van der Waals surface area contributed by atoms with E-state index in [0.717, 1.165) is 0 Å². The summed E-state index contributed by atoms with van der Waals surface area (Å²) in [6.07, 6.45) is 0.777. The number of carbonyl (C=O) groups excluding carboxylic acids is 2. The van der Waals surface area contributed by atoms with Gasteiger partial charge in [0.2, 0.25) is 0 Å². The van der Waals surface area contributed by atoms with E-state index in [1.807, 2.05) is 0 Å². The summed E-state index contributed by atoms with van der Waals surface area (Å²) in [5, 5.41) is 10.7. The quantitative estimate of drug-likeness (QED) is 0.739. The van der Waals surface area contributed by atoms with Gasteiger partial charge < -0.3 is 9.84 Å². The third kappa shape index (κ3) is 1.19. The third-order valence-electron chi connectivity index (χ3n) is 3.76. The summed E-state index contributed by atoms with van der Waals surface area (Å²) in [5.41, 5.74) is -0.304. The van der Waals surface area contributed by atoms with Crippen molar-refractivity contribution >= 4 is 11.9 Å². The number of hydrogen-bond acceptors (Lipinski definition) is 4. The van der Waals surface area contributed by atoms with Crippen LogP contribution >= 0.6 is 0 Å². The lowest BCUT2D eigenvalue weighted by molar-refractivity contribution is -0.150. The van der Waals surface area contributed by atoms with Crippen molar-refractivity contribution in [3.05, 3.63) is 35.4 Å². The lowest BCUT2D eigenvalue weighted by atomic mass is 9.99. The summed E-state index contributed by atoms with van der Waals surface area (Å²) in [5.74, 6) is -0.784. The Morgan fingerprint density at radius 3 is 2.94 bits per heavy atom. The molecule has 2 aliphatic heterocycles. The average Bonchev–Trinajstić information content (AvgIpc) is 2.85. The van der Waals surface area contributed by atoms with Crippen LogP contribution < -0.4 is 0 Å². The standard InChI is InChI=1S/C13H13NO4/c1-18-12(16)10-6-7-13(17)9-5-3-2-4-8(9)11(15)14(10)13/h2-5,10,17H,6-7H2,1H3/t10-,13-/m0/s1. The Bertz CT molecular complexity index is 542. The van der Waals surface area contributed by atoms with Gasteiger partial charge in [0.15, 0.2) is 5.72 Å². The topological polar surface area (TPSA) is 66.8 Å². The molecule has 0 saturated carbocycles. The van der Waals surface area contributed by atoms with Crippen molar-refractivity contribution in [1.82, 2.24) is 4.90 Å². The molecule has 1 saturated heterocycles. The van der Waals surface area contributed by atoms with Gasteiger partial charge in [-0.15, -0.1) is 0 Å². The van der Waals surface area contributed by atoms with Crippen LogP contribution in [0.1, 0.15) is 28.8 Å². The van der Waals surface area contributed by atoms with Gasteiger partial charge in [-0.1, -0.05) is 18.2 Å². The van der Waals surface area contributed by atoms with Crippen molar-refractivity contribution in [3.63, 3.8) is 0 Å². The number of methoxy groups -OCH3 is 1. The summed E-state index contributed by atoms with van der Waals surface area (Å²) in [6.45, 7) is 0. The van der Waals surface area contributed by atoms with E-state index in [0.29, 0.717) is 24.0 Å². The maximum absolute atomic E-state index is 12.3. The predicted molar refractivity (Wildman–Crippen MR) is 61.5 cm³/mol. The molecular weight excluding hydrogens is 234 g/mol. The van der Waals surface area contributed by atoms with Gasteiger partial charge in [0.05, 0.1) is 7.11 Å². The lowest BCUT2D eigenvalue weighted by Crippen LogP contribution is -2.46. The Morgan fingerprint density at radius 1 is 1.50 bits per heavy atom. The molecule has 94 valence electrons. The van der Waals surface area contributed by atoms with Crippen molar-refractivity contribution < 1.29 is 19.4 Å². The number of fused-ring (bicyclic) bond motifs is 3. The van der Waals surface area contributed by atoms with E-state index in [1.54, 1.807) is 24.3 Å². The average molecular weight is 247 g/mol. The highest BCUT2D eigenvalue weighted by molar-refractivity contribution is 6.02. The summed E-state index contributed by atoms with van der Waals surface area (Å²) in [7, 11) is 1.29. The molecule has 1 aromatic carbocycles. The summed E-state index contributed by atoms with van der Waals surface area (Å²) >= 11 is 0. The van der Waals surface area contributed by atoms with Crippen LogP contribution in [0.25, 0.3) is 0 Å². The predicted octanol–water partition coefficient (Wildman–Crippen LogP) is 0.623. The summed E-state index contributed by atoms with van der Waals surface area (Å²) in [6, 6.07) is 6.23. The maximum atomic E-state index is 12.3. The number of benzene rings is 1. The number of esters is 1. The highest BCUT2D eigenvalue weighted by Gasteiger charge is 2.57. The molecular formula is C13H13NO4. The van der Waals surface area contributed by atoms with Crippen LogP contribution in [0, 0.1) is 0 Å². The van der Waals surface area contributed by atoms with E-state index in [2.05, 4.69) is 0 Å². The van der Waals surface area contributed by atoms with Crippen LogP contribution in [-0.2, 0) is 15.3 Å². The number of nitrogens with zero attached hydrogens (tertiary/aromatic N) is 1. The van der Waals surface area contributed by atoms with Crippen LogP contribution in [0.15, 0.2) is 24.3 Å². The van der Waals surface area contributed by atoms with Crippen molar-refractivity contribution in [2.75, 3.05) is 7.11 Å². The van der Waals surface area contributed by atoms with Crippen molar-refractivity contribution in [2.45, 2.75) is 24.6 Å². The molecule has 2 heterocycles. The Labute approximate surface area is 104 Å². The molecule has 1 aromatic rings. The van der Waals surface area contributed by atoms with Crippen LogP contribution in [-0.4, -0.2) is 35.0 Å². The second-order valence-electron chi connectivity index (χ2n) is 4.61. The maximum Gasteiger partial charge on any atom is 0.328 e. The van der Waals surface area contributed by atoms with Gasteiger partial charge in [-0.25, -0.2) is 4.79 Å². The summed E-state index contributed by atoms with van der Waals surface area (Å²) in [4.78, 5) is 25.2. The molecule has 18 heavy (non-hydrogen) atoms. The Balaban J connectivity index is 2.10. The number of carbonyl (C=O) groups is 2.